The number of hydrogen-bond acceptors (Lipinski definition) is 3. The van der Waals surface area contributed by atoms with Crippen LogP contribution in [-0.4, -0.2) is 10.1 Å². The molecule has 0 radical (unpaired) electrons. The van der Waals surface area contributed by atoms with Crippen LogP contribution in [0.3, 0.4) is 0 Å². The molecule has 1 unspecified atom stereocenters. The van der Waals surface area contributed by atoms with Gasteiger partial charge in [0.2, 0.25) is 0 Å². The van der Waals surface area contributed by atoms with E-state index in [-0.39, 0.29) is 5.69 Å². The Bertz CT molecular complexity index is 478. The van der Waals surface area contributed by atoms with Crippen LogP contribution in [0.4, 0.5) is 13.2 Å². The zero-order chi connectivity index (χ0) is 12.5. The van der Waals surface area contributed by atoms with Gasteiger partial charge in [-0.15, -0.1) is 0 Å². The molecule has 2 rings (SSSR count). The van der Waals surface area contributed by atoms with E-state index in [0.29, 0.717) is 5.56 Å². The van der Waals surface area contributed by atoms with E-state index in [1.807, 2.05) is 0 Å². The number of pyridine rings is 1. The predicted octanol–water partition coefficient (Wildman–Crippen LogP) is 3.24. The van der Waals surface area contributed by atoms with Crippen LogP contribution in [0.2, 0.25) is 0 Å². The lowest BCUT2D eigenvalue weighted by molar-refractivity contribution is -0.137. The third kappa shape index (κ3) is 2.65. The van der Waals surface area contributed by atoms with Gasteiger partial charge in [-0.2, -0.15) is 24.5 Å². The van der Waals surface area contributed by atoms with Crippen molar-refractivity contribution in [2.75, 3.05) is 0 Å². The van der Waals surface area contributed by atoms with E-state index in [0.717, 1.165) is 12.3 Å². The molecule has 2 aromatic rings. The molecule has 1 atom stereocenters. The average Bonchev–Trinajstić information content (AvgIpc) is 2.80. The molecule has 2 nitrogen and oxygen atoms in total. The quantitative estimate of drug-likeness (QED) is 0.898. The lowest BCUT2D eigenvalue weighted by Crippen LogP contribution is -2.07. The molecule has 0 amide bonds. The molecular weight excluding hydrogens is 251 g/mol. The van der Waals surface area contributed by atoms with Crippen molar-refractivity contribution < 1.29 is 18.3 Å². The molecule has 2 aromatic heterocycles. The van der Waals surface area contributed by atoms with E-state index in [2.05, 4.69) is 4.98 Å². The molecule has 17 heavy (non-hydrogen) atoms. The van der Waals surface area contributed by atoms with Crippen LogP contribution in [-0.2, 0) is 6.18 Å². The molecule has 0 fully saturated rings. The van der Waals surface area contributed by atoms with E-state index < -0.39 is 17.8 Å². The third-order valence-corrected chi connectivity index (χ3v) is 2.95. The monoisotopic (exact) mass is 259 g/mol. The fourth-order valence-electron chi connectivity index (χ4n) is 1.34. The van der Waals surface area contributed by atoms with Gasteiger partial charge in [0, 0.05) is 6.20 Å². The maximum absolute atomic E-state index is 12.3. The Morgan fingerprint density at radius 2 is 2.00 bits per heavy atom. The van der Waals surface area contributed by atoms with Gasteiger partial charge in [0.25, 0.3) is 0 Å². The SMILES string of the molecule is OC(c1ccsc1)c1ccc(C(F)(F)F)cn1. The highest BCUT2D eigenvalue weighted by atomic mass is 32.1. The first kappa shape index (κ1) is 12.1. The standard InChI is InChI=1S/C11H8F3NOS/c12-11(13,14)8-1-2-9(15-5-8)10(16)7-3-4-17-6-7/h1-6,10,16H. The number of aliphatic hydroxyl groups is 1. The molecule has 0 aliphatic heterocycles. The van der Waals surface area contributed by atoms with E-state index in [4.69, 9.17) is 0 Å². The number of hydrogen-bond donors (Lipinski definition) is 1. The molecule has 6 heteroatoms. The number of aromatic nitrogens is 1. The van der Waals surface area contributed by atoms with E-state index >= 15 is 0 Å². The minimum absolute atomic E-state index is 0.205. The summed E-state index contributed by atoms with van der Waals surface area (Å²) in [6.07, 6.45) is -4.66. The molecule has 0 aromatic carbocycles. The topological polar surface area (TPSA) is 33.1 Å². The van der Waals surface area contributed by atoms with E-state index in [9.17, 15) is 18.3 Å². The highest BCUT2D eigenvalue weighted by Crippen LogP contribution is 2.30. The fourth-order valence-corrected chi connectivity index (χ4v) is 2.01. The lowest BCUT2D eigenvalue weighted by atomic mass is 10.1. The summed E-state index contributed by atoms with van der Waals surface area (Å²) in [6.45, 7) is 0. The summed E-state index contributed by atoms with van der Waals surface area (Å²) in [7, 11) is 0. The van der Waals surface area contributed by atoms with Crippen LogP contribution in [0.25, 0.3) is 0 Å². The Labute approximate surface area is 99.4 Å². The van der Waals surface area contributed by atoms with Gasteiger partial charge in [0.1, 0.15) is 6.10 Å². The largest absolute Gasteiger partial charge is 0.417 e. The van der Waals surface area contributed by atoms with Crippen molar-refractivity contribution in [1.82, 2.24) is 4.98 Å². The summed E-state index contributed by atoms with van der Waals surface area (Å²) in [5.41, 5.74) is 0.0115. The van der Waals surface area contributed by atoms with E-state index in [1.54, 1.807) is 16.8 Å². The number of rotatable bonds is 2. The van der Waals surface area contributed by atoms with Crippen LogP contribution in [0.15, 0.2) is 35.2 Å². The smallest absolute Gasteiger partial charge is 0.382 e. The molecule has 2 heterocycles. The average molecular weight is 259 g/mol. The zero-order valence-corrected chi connectivity index (χ0v) is 9.29. The van der Waals surface area contributed by atoms with Crippen molar-refractivity contribution in [2.24, 2.45) is 0 Å². The summed E-state index contributed by atoms with van der Waals surface area (Å²) in [6, 6.07) is 3.80. The van der Waals surface area contributed by atoms with Crippen molar-refractivity contribution >= 4 is 11.3 Å². The molecule has 0 aliphatic carbocycles. The summed E-state index contributed by atoms with van der Waals surface area (Å²) >= 11 is 1.40. The number of alkyl halides is 3. The van der Waals surface area contributed by atoms with Gasteiger partial charge < -0.3 is 5.11 Å². The molecule has 0 spiro atoms. The van der Waals surface area contributed by atoms with Crippen LogP contribution < -0.4 is 0 Å². The first-order valence-corrected chi connectivity index (χ1v) is 5.66. The first-order valence-electron chi connectivity index (χ1n) is 4.72. The summed E-state index contributed by atoms with van der Waals surface area (Å²) in [5.74, 6) is 0. The maximum atomic E-state index is 12.3. The Kier molecular flexibility index (Phi) is 3.17. The number of nitrogens with zero attached hydrogens (tertiary/aromatic N) is 1. The van der Waals surface area contributed by atoms with Gasteiger partial charge in [0.15, 0.2) is 0 Å². The normalized spacial score (nSPS) is 13.6. The second-order valence-electron chi connectivity index (χ2n) is 3.43. The summed E-state index contributed by atoms with van der Waals surface area (Å²) in [5, 5.41) is 13.3. The van der Waals surface area contributed by atoms with Crippen LogP contribution in [0.5, 0.6) is 0 Å². The molecule has 0 bridgehead atoms. The van der Waals surface area contributed by atoms with Gasteiger partial charge in [-0.3, -0.25) is 4.98 Å². The third-order valence-electron chi connectivity index (χ3n) is 2.25. The Balaban J connectivity index is 2.24. The number of thiophene rings is 1. The highest BCUT2D eigenvalue weighted by molar-refractivity contribution is 7.07. The first-order chi connectivity index (χ1) is 7.98. The zero-order valence-electron chi connectivity index (χ0n) is 8.48. The molecule has 0 aliphatic rings. The second kappa shape index (κ2) is 4.46. The van der Waals surface area contributed by atoms with Crippen molar-refractivity contribution in [3.05, 3.63) is 52.0 Å². The van der Waals surface area contributed by atoms with Crippen molar-refractivity contribution in [3.8, 4) is 0 Å². The molecule has 90 valence electrons. The van der Waals surface area contributed by atoms with Crippen molar-refractivity contribution in [3.63, 3.8) is 0 Å². The summed E-state index contributed by atoms with van der Waals surface area (Å²) < 4.78 is 36.9. The predicted molar refractivity (Wildman–Crippen MR) is 57.6 cm³/mol. The molecule has 1 N–H and O–H groups in total. The molecule has 0 saturated carbocycles. The number of aliphatic hydroxyl groups excluding tert-OH is 1. The van der Waals surface area contributed by atoms with Gasteiger partial charge in [-0.05, 0) is 34.5 Å². The number of halogens is 3. The highest BCUT2D eigenvalue weighted by Gasteiger charge is 2.30. The second-order valence-corrected chi connectivity index (χ2v) is 4.21. The van der Waals surface area contributed by atoms with Gasteiger partial charge >= 0.3 is 6.18 Å². The fraction of sp³-hybridized carbons (Fsp3) is 0.182. The van der Waals surface area contributed by atoms with Gasteiger partial charge in [0.05, 0.1) is 11.3 Å². The van der Waals surface area contributed by atoms with Gasteiger partial charge in [-0.1, -0.05) is 0 Å². The van der Waals surface area contributed by atoms with Gasteiger partial charge in [-0.25, -0.2) is 0 Å². The Morgan fingerprint density at radius 3 is 2.47 bits per heavy atom. The Morgan fingerprint density at radius 1 is 1.24 bits per heavy atom. The van der Waals surface area contributed by atoms with Crippen molar-refractivity contribution in [1.29, 1.82) is 0 Å². The van der Waals surface area contributed by atoms with E-state index in [1.165, 1.54) is 17.4 Å². The van der Waals surface area contributed by atoms with Crippen molar-refractivity contribution in [2.45, 2.75) is 12.3 Å². The summed E-state index contributed by atoms with van der Waals surface area (Å²) in [4.78, 5) is 3.64. The van der Waals surface area contributed by atoms with Crippen LogP contribution in [0.1, 0.15) is 22.9 Å². The maximum Gasteiger partial charge on any atom is 0.417 e. The molecule has 0 saturated heterocycles. The molecular formula is C11H8F3NOS. The lowest BCUT2D eigenvalue weighted by Gasteiger charge is -2.10. The Hall–Kier alpha value is -1.40. The minimum Gasteiger partial charge on any atom is -0.382 e. The minimum atomic E-state index is -4.40. The van der Waals surface area contributed by atoms with Crippen LogP contribution in [0, 0.1) is 0 Å². The van der Waals surface area contributed by atoms with Crippen LogP contribution >= 0.6 is 11.3 Å².